The number of amides is 1. The molecule has 1 fully saturated rings. The van der Waals surface area contributed by atoms with Crippen molar-refractivity contribution in [1.29, 1.82) is 0 Å². The van der Waals surface area contributed by atoms with Crippen LogP contribution in [0.4, 0.5) is 0 Å². The second kappa shape index (κ2) is 8.18. The van der Waals surface area contributed by atoms with Crippen molar-refractivity contribution in [2.75, 3.05) is 33.7 Å². The number of piperidine rings is 1. The summed E-state index contributed by atoms with van der Waals surface area (Å²) in [7, 11) is 0.428. The van der Waals surface area contributed by atoms with E-state index >= 15 is 0 Å². The highest BCUT2D eigenvalue weighted by molar-refractivity contribution is 7.89. The van der Waals surface area contributed by atoms with Crippen LogP contribution >= 0.6 is 11.3 Å². The molecule has 2 aliphatic rings. The van der Waals surface area contributed by atoms with Crippen LogP contribution < -0.4 is 0 Å². The van der Waals surface area contributed by atoms with Gasteiger partial charge in [-0.3, -0.25) is 4.79 Å². The van der Waals surface area contributed by atoms with E-state index in [-0.39, 0.29) is 10.8 Å². The molecular formula is C21H27N3O3S2. The molecule has 6 nitrogen and oxygen atoms in total. The Labute approximate surface area is 176 Å². The van der Waals surface area contributed by atoms with Crippen molar-refractivity contribution >= 4 is 27.3 Å². The molecule has 0 spiro atoms. The van der Waals surface area contributed by atoms with Crippen molar-refractivity contribution < 1.29 is 13.2 Å². The van der Waals surface area contributed by atoms with Crippen LogP contribution in [0.3, 0.4) is 0 Å². The number of hydrogen-bond donors (Lipinski definition) is 0. The predicted molar refractivity (Wildman–Crippen MR) is 115 cm³/mol. The van der Waals surface area contributed by atoms with Gasteiger partial charge in [0, 0.05) is 42.7 Å². The molecule has 0 aliphatic carbocycles. The maximum atomic E-state index is 13.2. The average Bonchev–Trinajstić information content (AvgIpc) is 3.21. The Bertz CT molecular complexity index is 1000. The van der Waals surface area contributed by atoms with E-state index in [0.717, 1.165) is 24.8 Å². The zero-order chi connectivity index (χ0) is 20.6. The minimum absolute atomic E-state index is 0.0904. The fraction of sp³-hybridized carbons (Fsp3) is 0.476. The first-order valence-electron chi connectivity index (χ1n) is 9.97. The van der Waals surface area contributed by atoms with Gasteiger partial charge in [0.05, 0.1) is 4.90 Å². The molecule has 1 atom stereocenters. The summed E-state index contributed by atoms with van der Waals surface area (Å²) in [5, 5.41) is 2.01. The number of rotatable bonds is 4. The summed E-state index contributed by atoms with van der Waals surface area (Å²) < 4.78 is 27.9. The fourth-order valence-electron chi connectivity index (χ4n) is 4.11. The summed E-state index contributed by atoms with van der Waals surface area (Å²) in [4.78, 5) is 18.5. The van der Waals surface area contributed by atoms with Gasteiger partial charge in [0.15, 0.2) is 0 Å². The molecule has 3 heterocycles. The number of carbonyl (C=O) groups is 1. The Morgan fingerprint density at radius 3 is 2.83 bits per heavy atom. The van der Waals surface area contributed by atoms with E-state index in [4.69, 9.17) is 0 Å². The lowest BCUT2D eigenvalue weighted by Gasteiger charge is -2.36. The molecule has 4 rings (SSSR count). The number of likely N-dealkylation sites (tertiary alicyclic amines) is 1. The number of sulfonamides is 1. The molecule has 29 heavy (non-hydrogen) atoms. The molecule has 1 aromatic carbocycles. The van der Waals surface area contributed by atoms with E-state index in [0.29, 0.717) is 37.8 Å². The van der Waals surface area contributed by atoms with Gasteiger partial charge in [0.2, 0.25) is 10.0 Å². The molecule has 156 valence electrons. The fourth-order valence-corrected chi connectivity index (χ4v) is 6.46. The van der Waals surface area contributed by atoms with Crippen LogP contribution in [0.5, 0.6) is 0 Å². The predicted octanol–water partition coefficient (Wildman–Crippen LogP) is 2.66. The molecule has 1 amide bonds. The quantitative estimate of drug-likeness (QED) is 0.744. The van der Waals surface area contributed by atoms with Gasteiger partial charge < -0.3 is 9.80 Å². The Morgan fingerprint density at radius 2 is 2.03 bits per heavy atom. The van der Waals surface area contributed by atoms with Crippen molar-refractivity contribution in [2.45, 2.75) is 36.7 Å². The first-order chi connectivity index (χ1) is 13.9. The third kappa shape index (κ3) is 4.12. The second-order valence-electron chi connectivity index (χ2n) is 8.00. The normalized spacial score (nSPS) is 20.7. The van der Waals surface area contributed by atoms with E-state index in [1.165, 1.54) is 9.18 Å². The van der Waals surface area contributed by atoms with Crippen molar-refractivity contribution in [1.82, 2.24) is 14.1 Å². The third-order valence-electron chi connectivity index (χ3n) is 5.91. The Balaban J connectivity index is 1.54. The Morgan fingerprint density at radius 1 is 1.21 bits per heavy atom. The first kappa shape index (κ1) is 20.5. The van der Waals surface area contributed by atoms with E-state index in [2.05, 4.69) is 4.90 Å². The van der Waals surface area contributed by atoms with Crippen LogP contribution in [-0.4, -0.2) is 68.2 Å². The van der Waals surface area contributed by atoms with Crippen LogP contribution in [0.25, 0.3) is 0 Å². The number of fused-ring (bicyclic) bond motifs is 1. The molecule has 1 aromatic heterocycles. The van der Waals surface area contributed by atoms with Gasteiger partial charge in [-0.15, -0.1) is 11.3 Å². The van der Waals surface area contributed by atoms with Crippen LogP contribution in [-0.2, 0) is 23.0 Å². The smallest absolute Gasteiger partial charge is 0.253 e. The van der Waals surface area contributed by atoms with Crippen LogP contribution in [0.1, 0.15) is 33.6 Å². The summed E-state index contributed by atoms with van der Waals surface area (Å²) in [6, 6.07) is 8.86. The lowest BCUT2D eigenvalue weighted by molar-refractivity contribution is 0.0635. The molecule has 0 N–H and O–H groups in total. The van der Waals surface area contributed by atoms with Gasteiger partial charge in [0.1, 0.15) is 0 Å². The zero-order valence-electron chi connectivity index (χ0n) is 16.9. The van der Waals surface area contributed by atoms with E-state index in [1.54, 1.807) is 35.6 Å². The van der Waals surface area contributed by atoms with Crippen molar-refractivity contribution in [3.63, 3.8) is 0 Å². The summed E-state index contributed by atoms with van der Waals surface area (Å²) in [5.74, 6) is -0.0904. The molecule has 2 aliphatic heterocycles. The highest BCUT2D eigenvalue weighted by atomic mass is 32.2. The van der Waals surface area contributed by atoms with Gasteiger partial charge in [-0.25, -0.2) is 8.42 Å². The summed E-state index contributed by atoms with van der Waals surface area (Å²) >= 11 is 1.68. The molecule has 1 unspecified atom stereocenters. The van der Waals surface area contributed by atoms with Gasteiger partial charge in [-0.2, -0.15) is 4.31 Å². The van der Waals surface area contributed by atoms with Crippen LogP contribution in [0, 0.1) is 0 Å². The third-order valence-corrected chi connectivity index (χ3v) is 8.77. The maximum Gasteiger partial charge on any atom is 0.253 e. The minimum Gasteiger partial charge on any atom is -0.337 e. The van der Waals surface area contributed by atoms with Crippen LogP contribution in [0.2, 0.25) is 0 Å². The summed E-state index contributed by atoms with van der Waals surface area (Å²) in [6.07, 6.45) is 2.78. The van der Waals surface area contributed by atoms with Crippen LogP contribution in [0.15, 0.2) is 40.6 Å². The van der Waals surface area contributed by atoms with E-state index < -0.39 is 10.0 Å². The largest absolute Gasteiger partial charge is 0.337 e. The monoisotopic (exact) mass is 433 g/mol. The number of likely N-dealkylation sites (N-methyl/N-ethyl adjacent to an activating group) is 1. The number of benzene rings is 1. The SMILES string of the molecule is CN(C)C1CCCN(C(=O)c2cccc(S(=O)(=O)N3CCc4sccc4C3)c2)C1. The zero-order valence-corrected chi connectivity index (χ0v) is 18.5. The highest BCUT2D eigenvalue weighted by Crippen LogP contribution is 2.28. The van der Waals surface area contributed by atoms with Crippen molar-refractivity contribution in [3.05, 3.63) is 51.7 Å². The number of nitrogens with zero attached hydrogens (tertiary/aromatic N) is 3. The summed E-state index contributed by atoms with van der Waals surface area (Å²) in [6.45, 7) is 2.27. The second-order valence-corrected chi connectivity index (χ2v) is 10.9. The van der Waals surface area contributed by atoms with Gasteiger partial charge in [-0.05, 0) is 68.6 Å². The average molecular weight is 434 g/mol. The van der Waals surface area contributed by atoms with Gasteiger partial charge in [-0.1, -0.05) is 6.07 Å². The molecular weight excluding hydrogens is 406 g/mol. The number of hydrogen-bond acceptors (Lipinski definition) is 5. The molecule has 0 radical (unpaired) electrons. The van der Waals surface area contributed by atoms with E-state index in [1.807, 2.05) is 30.4 Å². The molecule has 0 bridgehead atoms. The maximum absolute atomic E-state index is 13.2. The van der Waals surface area contributed by atoms with Gasteiger partial charge >= 0.3 is 0 Å². The molecule has 0 saturated carbocycles. The Kier molecular flexibility index (Phi) is 5.79. The molecule has 8 heteroatoms. The van der Waals surface area contributed by atoms with Crippen molar-refractivity contribution in [2.24, 2.45) is 0 Å². The standard InChI is InChI=1S/C21H27N3O3S2/c1-22(2)18-6-4-10-23(15-18)21(25)16-5-3-7-19(13-16)29(26,27)24-11-8-20-17(14-24)9-12-28-20/h3,5,7,9,12-13,18H,4,6,8,10-11,14-15H2,1-2H3. The highest BCUT2D eigenvalue weighted by Gasteiger charge is 2.30. The molecule has 2 aromatic rings. The topological polar surface area (TPSA) is 60.9 Å². The lowest BCUT2D eigenvalue weighted by Crippen LogP contribution is -2.47. The van der Waals surface area contributed by atoms with E-state index in [9.17, 15) is 13.2 Å². The number of carbonyl (C=O) groups excluding carboxylic acids is 1. The number of thiophene rings is 1. The summed E-state index contributed by atoms with van der Waals surface area (Å²) in [5.41, 5.74) is 1.53. The lowest BCUT2D eigenvalue weighted by atomic mass is 10.0. The minimum atomic E-state index is -3.63. The first-order valence-corrected chi connectivity index (χ1v) is 12.3. The van der Waals surface area contributed by atoms with Crippen molar-refractivity contribution in [3.8, 4) is 0 Å². The molecule has 1 saturated heterocycles. The van der Waals surface area contributed by atoms with Gasteiger partial charge in [0.25, 0.3) is 5.91 Å². The Hall–Kier alpha value is -1.74.